The number of hydrogen-bond donors (Lipinski definition) is 2. The number of nitrogens with zero attached hydrogens (tertiary/aromatic N) is 3. The molecule has 3 unspecified atom stereocenters. The Morgan fingerprint density at radius 3 is 2.56 bits per heavy atom. The molecular weight excluding hydrogens is 426 g/mol. The van der Waals surface area contributed by atoms with E-state index in [2.05, 4.69) is 53.5 Å². The zero-order valence-corrected chi connectivity index (χ0v) is 19.3. The summed E-state index contributed by atoms with van der Waals surface area (Å²) in [6.45, 7) is 0.268. The minimum absolute atomic E-state index is 0.0477. The van der Waals surface area contributed by atoms with Crippen molar-refractivity contribution in [1.82, 2.24) is 4.90 Å². The van der Waals surface area contributed by atoms with Crippen LogP contribution in [0.3, 0.4) is 0 Å². The van der Waals surface area contributed by atoms with E-state index in [1.165, 1.54) is 17.5 Å². The monoisotopic (exact) mass is 457 g/mol. The third kappa shape index (κ3) is 3.59. The van der Waals surface area contributed by atoms with Crippen molar-refractivity contribution in [2.24, 2.45) is 32.8 Å². The molecule has 3 atom stereocenters. The summed E-state index contributed by atoms with van der Waals surface area (Å²) in [4.78, 5) is 23.6. The predicted octanol–water partition coefficient (Wildman–Crippen LogP) is 3.45. The molecule has 0 bridgehead atoms. The van der Waals surface area contributed by atoms with Gasteiger partial charge in [0.05, 0.1) is 11.5 Å². The molecule has 34 heavy (non-hydrogen) atoms. The summed E-state index contributed by atoms with van der Waals surface area (Å²) in [7, 11) is 0. The van der Waals surface area contributed by atoms with Crippen LogP contribution in [0, 0.1) is 11.3 Å². The van der Waals surface area contributed by atoms with E-state index in [-0.39, 0.29) is 30.1 Å². The highest BCUT2D eigenvalue weighted by atomic mass is 16.5. The Labute approximate surface area is 200 Å². The number of fused-ring (bicyclic) bond motifs is 1. The average molecular weight is 458 g/mol. The Bertz CT molecular complexity index is 1140. The van der Waals surface area contributed by atoms with E-state index < -0.39 is 5.41 Å². The second-order valence-electron chi connectivity index (χ2n) is 10.3. The first-order valence-corrected chi connectivity index (χ1v) is 12.3. The summed E-state index contributed by atoms with van der Waals surface area (Å²) in [6, 6.07) is 8.78. The fourth-order valence-corrected chi connectivity index (χ4v) is 5.41. The van der Waals surface area contributed by atoms with E-state index >= 15 is 0 Å². The summed E-state index contributed by atoms with van der Waals surface area (Å²) >= 11 is 0. The highest BCUT2D eigenvalue weighted by Gasteiger charge is 2.50. The predicted molar refractivity (Wildman–Crippen MR) is 132 cm³/mol. The van der Waals surface area contributed by atoms with Gasteiger partial charge in [-0.15, -0.1) is 0 Å². The summed E-state index contributed by atoms with van der Waals surface area (Å²) in [5, 5.41) is 0. The van der Waals surface area contributed by atoms with Gasteiger partial charge in [-0.05, 0) is 49.7 Å². The molecule has 7 heteroatoms. The number of hydrogen-bond acceptors (Lipinski definition) is 6. The largest absolute Gasteiger partial charge is 0.476 e. The van der Waals surface area contributed by atoms with E-state index in [0.717, 1.165) is 32.1 Å². The molecule has 6 rings (SSSR count). The van der Waals surface area contributed by atoms with Crippen LogP contribution in [0.25, 0.3) is 0 Å². The minimum atomic E-state index is -0.530. The maximum atomic E-state index is 11.7. The number of rotatable bonds is 6. The van der Waals surface area contributed by atoms with Crippen LogP contribution >= 0.6 is 0 Å². The Hall–Kier alpha value is -3.19. The van der Waals surface area contributed by atoms with Gasteiger partial charge in [0.2, 0.25) is 17.8 Å². The van der Waals surface area contributed by atoms with Crippen molar-refractivity contribution >= 4 is 17.8 Å². The number of guanidine groups is 1. The molecule has 1 aromatic rings. The van der Waals surface area contributed by atoms with Gasteiger partial charge in [0.15, 0.2) is 0 Å². The molecular formula is C27H31N5O2. The van der Waals surface area contributed by atoms with Gasteiger partial charge in [0.25, 0.3) is 0 Å². The summed E-state index contributed by atoms with van der Waals surface area (Å²) in [5.74, 6) is 1.15. The van der Waals surface area contributed by atoms with E-state index in [1.807, 2.05) is 12.3 Å². The molecule has 176 valence electrons. The number of carbonyl (C=O) groups is 1. The summed E-state index contributed by atoms with van der Waals surface area (Å²) in [5.41, 5.74) is 13.8. The Kier molecular flexibility index (Phi) is 4.99. The van der Waals surface area contributed by atoms with E-state index in [9.17, 15) is 4.79 Å². The van der Waals surface area contributed by atoms with Crippen LogP contribution in [0.4, 0.5) is 0 Å². The lowest BCUT2D eigenvalue weighted by molar-refractivity contribution is -0.124. The lowest BCUT2D eigenvalue weighted by atomic mass is 9.72. The molecule has 3 aliphatic carbocycles. The van der Waals surface area contributed by atoms with E-state index in [4.69, 9.17) is 26.2 Å². The van der Waals surface area contributed by atoms with Crippen molar-refractivity contribution in [2.75, 3.05) is 6.61 Å². The van der Waals surface area contributed by atoms with Gasteiger partial charge in [0.1, 0.15) is 12.6 Å². The molecule has 2 fully saturated rings. The lowest BCUT2D eigenvalue weighted by Gasteiger charge is -2.39. The molecule has 2 aliphatic heterocycles. The average Bonchev–Trinajstić information content (AvgIpc) is 3.55. The second-order valence-corrected chi connectivity index (χ2v) is 10.3. The molecule has 7 nitrogen and oxygen atoms in total. The highest BCUT2D eigenvalue weighted by Crippen LogP contribution is 2.46. The number of allylic oxidation sites excluding steroid dienone is 3. The van der Waals surface area contributed by atoms with Crippen molar-refractivity contribution in [3.8, 4) is 0 Å². The van der Waals surface area contributed by atoms with Gasteiger partial charge in [-0.3, -0.25) is 4.79 Å². The van der Waals surface area contributed by atoms with Crippen molar-refractivity contribution in [1.29, 1.82) is 0 Å². The van der Waals surface area contributed by atoms with Crippen molar-refractivity contribution in [3.05, 3.63) is 72.0 Å². The third-order valence-corrected chi connectivity index (χ3v) is 8.12. The maximum absolute atomic E-state index is 11.7. The number of nitrogens with two attached hydrogens (primary N) is 2. The quantitative estimate of drug-likeness (QED) is 0.682. The molecule has 1 aromatic carbocycles. The van der Waals surface area contributed by atoms with Gasteiger partial charge in [-0.2, -0.15) is 4.99 Å². The number of carbonyl (C=O) groups excluding carboxylic acids is 1. The normalized spacial score (nSPS) is 29.7. The number of ether oxygens (including phenoxy) is 1. The molecule has 0 saturated heterocycles. The SMILES string of the molecule is NC(=O)C1(COC2=NC3=NC(c4ccc(C5(N)CCC5)cc4)C(C4C=CC=CC4)N3C=C2)CC1. The standard InChI is InChI=1S/C27H31N5O2/c28-24(33)26(14-15-26)17-34-21-11-16-32-23(19-5-2-1-3-6-19)22(31-25(32)30-21)18-7-9-20(10-8-18)27(29)12-4-13-27/h1-3,5,7-11,16,19,22-23H,4,6,12-15,17,29H2,(H2,28,33). The van der Waals surface area contributed by atoms with Crippen LogP contribution in [0.1, 0.15) is 55.7 Å². The van der Waals surface area contributed by atoms with Crippen LogP contribution in [-0.2, 0) is 15.1 Å². The topological polar surface area (TPSA) is 106 Å². The van der Waals surface area contributed by atoms with Crippen LogP contribution in [-0.4, -0.2) is 35.3 Å². The molecule has 2 saturated carbocycles. The summed E-state index contributed by atoms with van der Waals surface area (Å²) < 4.78 is 5.89. The van der Waals surface area contributed by atoms with Crippen LogP contribution in [0.2, 0.25) is 0 Å². The van der Waals surface area contributed by atoms with Gasteiger partial charge >= 0.3 is 0 Å². The van der Waals surface area contributed by atoms with Crippen molar-refractivity contribution in [2.45, 2.75) is 56.1 Å². The first-order chi connectivity index (χ1) is 16.5. The van der Waals surface area contributed by atoms with Crippen LogP contribution in [0.5, 0.6) is 0 Å². The molecule has 1 amide bonds. The van der Waals surface area contributed by atoms with Crippen LogP contribution in [0.15, 0.2) is 70.8 Å². The fraction of sp³-hybridized carbons (Fsp3) is 0.444. The van der Waals surface area contributed by atoms with E-state index in [0.29, 0.717) is 17.8 Å². The van der Waals surface area contributed by atoms with Crippen molar-refractivity contribution < 1.29 is 9.53 Å². The van der Waals surface area contributed by atoms with Gasteiger partial charge < -0.3 is 21.1 Å². The molecule has 2 heterocycles. The van der Waals surface area contributed by atoms with Gasteiger partial charge in [-0.1, -0.05) is 48.6 Å². The maximum Gasteiger partial charge on any atom is 0.229 e. The summed E-state index contributed by atoms with van der Waals surface area (Å²) in [6.07, 6.45) is 18.4. The number of benzene rings is 1. The minimum Gasteiger partial charge on any atom is -0.476 e. The van der Waals surface area contributed by atoms with Gasteiger partial charge in [-0.25, -0.2) is 4.99 Å². The first kappa shape index (κ1) is 21.4. The Morgan fingerprint density at radius 2 is 1.94 bits per heavy atom. The number of primary amides is 1. The van der Waals surface area contributed by atoms with Crippen LogP contribution < -0.4 is 11.5 Å². The molecule has 0 spiro atoms. The molecule has 0 aromatic heterocycles. The highest BCUT2D eigenvalue weighted by molar-refractivity contribution is 6.02. The van der Waals surface area contributed by atoms with E-state index in [1.54, 1.807) is 0 Å². The second kappa shape index (κ2) is 7.94. The first-order valence-electron chi connectivity index (χ1n) is 12.3. The lowest BCUT2D eigenvalue weighted by Crippen LogP contribution is -2.43. The molecule has 4 N–H and O–H groups in total. The zero-order chi connectivity index (χ0) is 23.3. The number of amides is 1. The Balaban J connectivity index is 1.27. The fourth-order valence-electron chi connectivity index (χ4n) is 5.41. The smallest absolute Gasteiger partial charge is 0.229 e. The third-order valence-electron chi connectivity index (χ3n) is 8.12. The molecule has 0 radical (unpaired) electrons. The Morgan fingerprint density at radius 1 is 1.15 bits per heavy atom. The zero-order valence-electron chi connectivity index (χ0n) is 19.3. The number of aliphatic imine (C=N–C) groups is 2. The van der Waals surface area contributed by atoms with Gasteiger partial charge in [0, 0.05) is 23.7 Å². The van der Waals surface area contributed by atoms with Crippen molar-refractivity contribution in [3.63, 3.8) is 0 Å². The molecule has 5 aliphatic rings.